The molecule has 4 rings (SSSR count). The van der Waals surface area contributed by atoms with Gasteiger partial charge >= 0.3 is 0 Å². The largest absolute Gasteiger partial charge is 0.477 e. The lowest BCUT2D eigenvalue weighted by molar-refractivity contribution is 0.221. The van der Waals surface area contributed by atoms with Crippen molar-refractivity contribution in [1.29, 1.82) is 5.26 Å². The summed E-state index contributed by atoms with van der Waals surface area (Å²) in [5.74, 6) is 1.80. The van der Waals surface area contributed by atoms with Crippen molar-refractivity contribution in [2.75, 3.05) is 24.6 Å². The highest BCUT2D eigenvalue weighted by Gasteiger charge is 2.23. The lowest BCUT2D eigenvalue weighted by atomic mass is 9.99. The van der Waals surface area contributed by atoms with Crippen molar-refractivity contribution in [3.05, 3.63) is 48.5 Å². The Morgan fingerprint density at radius 3 is 3.08 bits per heavy atom. The van der Waals surface area contributed by atoms with Crippen molar-refractivity contribution in [3.8, 4) is 11.9 Å². The van der Waals surface area contributed by atoms with E-state index in [1.807, 2.05) is 12.1 Å². The molecular formula is C19H18N6O. The van der Waals surface area contributed by atoms with E-state index in [9.17, 15) is 0 Å². The first-order valence-electron chi connectivity index (χ1n) is 8.63. The molecule has 3 aromatic rings. The molecule has 0 aromatic carbocycles. The van der Waals surface area contributed by atoms with Crippen molar-refractivity contribution >= 4 is 16.9 Å². The van der Waals surface area contributed by atoms with Gasteiger partial charge in [0.2, 0.25) is 5.88 Å². The summed E-state index contributed by atoms with van der Waals surface area (Å²) in [5, 5.41) is 9.94. The van der Waals surface area contributed by atoms with Crippen LogP contribution in [0.25, 0.3) is 11.0 Å². The second kappa shape index (κ2) is 7.31. The molecule has 0 saturated carbocycles. The van der Waals surface area contributed by atoms with Crippen molar-refractivity contribution in [3.63, 3.8) is 0 Å². The zero-order chi connectivity index (χ0) is 17.8. The number of aromatic nitrogens is 4. The van der Waals surface area contributed by atoms with Crippen LogP contribution >= 0.6 is 0 Å². The first-order valence-corrected chi connectivity index (χ1v) is 8.63. The predicted octanol–water partition coefficient (Wildman–Crippen LogP) is 2.59. The number of nitriles is 1. The molecule has 0 N–H and O–H groups in total. The Hall–Kier alpha value is -3.27. The Kier molecular flexibility index (Phi) is 4.56. The fourth-order valence-electron chi connectivity index (χ4n) is 3.29. The summed E-state index contributed by atoms with van der Waals surface area (Å²) < 4.78 is 5.83. The van der Waals surface area contributed by atoms with Gasteiger partial charge in [-0.15, -0.1) is 0 Å². The second-order valence-electron chi connectivity index (χ2n) is 6.33. The maximum absolute atomic E-state index is 8.97. The average molecular weight is 346 g/mol. The van der Waals surface area contributed by atoms with Crippen LogP contribution in [0, 0.1) is 17.2 Å². The number of anilines is 1. The van der Waals surface area contributed by atoms with E-state index in [2.05, 4.69) is 30.9 Å². The molecule has 0 aliphatic carbocycles. The van der Waals surface area contributed by atoms with Gasteiger partial charge in [0, 0.05) is 37.5 Å². The minimum atomic E-state index is 0.373. The Labute approximate surface area is 151 Å². The summed E-state index contributed by atoms with van der Waals surface area (Å²) in [7, 11) is 0. The standard InChI is InChI=1S/C19H18N6O/c20-10-14-5-7-21-17(9-14)26-12-15-3-2-8-25(11-15)19-16-4-1-6-22-18(16)23-13-24-19/h1,4-7,9,13,15H,2-3,8,11-12H2. The van der Waals surface area contributed by atoms with Gasteiger partial charge in [0.15, 0.2) is 5.65 Å². The topological polar surface area (TPSA) is 87.8 Å². The fraction of sp³-hybridized carbons (Fsp3) is 0.316. The summed E-state index contributed by atoms with van der Waals surface area (Å²) in [4.78, 5) is 19.5. The number of hydrogen-bond acceptors (Lipinski definition) is 7. The molecule has 0 amide bonds. The molecule has 3 aromatic heterocycles. The van der Waals surface area contributed by atoms with Gasteiger partial charge in [-0.3, -0.25) is 0 Å². The van der Waals surface area contributed by atoms with Crippen molar-refractivity contribution < 1.29 is 4.74 Å². The Morgan fingerprint density at radius 1 is 1.19 bits per heavy atom. The van der Waals surface area contributed by atoms with Crippen LogP contribution in [-0.2, 0) is 0 Å². The van der Waals surface area contributed by atoms with E-state index in [0.29, 0.717) is 29.6 Å². The van der Waals surface area contributed by atoms with E-state index in [-0.39, 0.29) is 0 Å². The molecule has 130 valence electrons. The molecule has 7 nitrogen and oxygen atoms in total. The summed E-state index contributed by atoms with van der Waals surface area (Å²) >= 11 is 0. The van der Waals surface area contributed by atoms with Gasteiger partial charge in [0.25, 0.3) is 0 Å². The summed E-state index contributed by atoms with van der Waals surface area (Å²) in [5.41, 5.74) is 1.27. The lowest BCUT2D eigenvalue weighted by Crippen LogP contribution is -2.38. The highest BCUT2D eigenvalue weighted by molar-refractivity contribution is 5.86. The van der Waals surface area contributed by atoms with Crippen LogP contribution in [0.4, 0.5) is 5.82 Å². The van der Waals surface area contributed by atoms with E-state index in [0.717, 1.165) is 37.1 Å². The number of hydrogen-bond donors (Lipinski definition) is 0. The number of pyridine rings is 2. The Bertz CT molecular complexity index is 949. The van der Waals surface area contributed by atoms with Gasteiger partial charge in [-0.1, -0.05) is 0 Å². The van der Waals surface area contributed by atoms with E-state index in [4.69, 9.17) is 10.00 Å². The molecule has 26 heavy (non-hydrogen) atoms. The van der Waals surface area contributed by atoms with Crippen LogP contribution in [0.5, 0.6) is 5.88 Å². The van der Waals surface area contributed by atoms with Crippen LogP contribution in [0.1, 0.15) is 18.4 Å². The lowest BCUT2D eigenvalue weighted by Gasteiger charge is -2.33. The van der Waals surface area contributed by atoms with E-state index in [1.165, 1.54) is 0 Å². The summed E-state index contributed by atoms with van der Waals surface area (Å²) in [6.07, 6.45) is 7.08. The molecule has 4 heterocycles. The number of piperidine rings is 1. The minimum absolute atomic E-state index is 0.373. The van der Waals surface area contributed by atoms with Crippen LogP contribution in [0.15, 0.2) is 43.0 Å². The molecule has 1 aliphatic heterocycles. The van der Waals surface area contributed by atoms with E-state index < -0.39 is 0 Å². The highest BCUT2D eigenvalue weighted by Crippen LogP contribution is 2.27. The Balaban J connectivity index is 1.46. The van der Waals surface area contributed by atoms with Crippen molar-refractivity contribution in [2.45, 2.75) is 12.8 Å². The molecule has 1 fully saturated rings. The van der Waals surface area contributed by atoms with Crippen LogP contribution in [-0.4, -0.2) is 39.6 Å². The monoisotopic (exact) mass is 346 g/mol. The van der Waals surface area contributed by atoms with Gasteiger partial charge in [-0.05, 0) is 31.0 Å². The fourth-order valence-corrected chi connectivity index (χ4v) is 3.29. The van der Waals surface area contributed by atoms with Gasteiger partial charge in [0.05, 0.1) is 23.6 Å². The molecule has 1 aliphatic rings. The van der Waals surface area contributed by atoms with E-state index in [1.54, 1.807) is 30.9 Å². The molecule has 0 bridgehead atoms. The SMILES string of the molecule is N#Cc1ccnc(OCC2CCCN(c3ncnc4ncccc34)C2)c1. The summed E-state index contributed by atoms with van der Waals surface area (Å²) in [6, 6.07) is 9.36. The average Bonchev–Trinajstić information content (AvgIpc) is 2.72. The second-order valence-corrected chi connectivity index (χ2v) is 6.33. The number of nitrogens with zero attached hydrogens (tertiary/aromatic N) is 6. The third-order valence-corrected chi connectivity index (χ3v) is 4.54. The van der Waals surface area contributed by atoms with Gasteiger partial charge in [0.1, 0.15) is 12.1 Å². The number of ether oxygens (including phenoxy) is 1. The Morgan fingerprint density at radius 2 is 2.15 bits per heavy atom. The predicted molar refractivity (Wildman–Crippen MR) is 96.7 cm³/mol. The molecule has 1 unspecified atom stereocenters. The number of fused-ring (bicyclic) bond motifs is 1. The normalized spacial score (nSPS) is 17.0. The van der Waals surface area contributed by atoms with Crippen LogP contribution < -0.4 is 9.64 Å². The molecule has 1 atom stereocenters. The third-order valence-electron chi connectivity index (χ3n) is 4.54. The maximum Gasteiger partial charge on any atom is 0.214 e. The van der Waals surface area contributed by atoms with E-state index >= 15 is 0 Å². The molecular weight excluding hydrogens is 328 g/mol. The maximum atomic E-state index is 8.97. The van der Waals surface area contributed by atoms with Crippen molar-refractivity contribution in [1.82, 2.24) is 19.9 Å². The highest BCUT2D eigenvalue weighted by atomic mass is 16.5. The first kappa shape index (κ1) is 16.2. The zero-order valence-electron chi connectivity index (χ0n) is 14.2. The smallest absolute Gasteiger partial charge is 0.214 e. The molecule has 1 saturated heterocycles. The van der Waals surface area contributed by atoms with Gasteiger partial charge < -0.3 is 9.64 Å². The molecule has 0 radical (unpaired) electrons. The van der Waals surface area contributed by atoms with Crippen LogP contribution in [0.2, 0.25) is 0 Å². The van der Waals surface area contributed by atoms with Crippen LogP contribution in [0.3, 0.4) is 0 Å². The zero-order valence-corrected chi connectivity index (χ0v) is 14.2. The van der Waals surface area contributed by atoms with Crippen molar-refractivity contribution in [2.24, 2.45) is 5.92 Å². The minimum Gasteiger partial charge on any atom is -0.477 e. The quantitative estimate of drug-likeness (QED) is 0.717. The molecule has 0 spiro atoms. The first-order chi connectivity index (χ1) is 12.8. The van der Waals surface area contributed by atoms with Gasteiger partial charge in [-0.2, -0.15) is 5.26 Å². The number of rotatable bonds is 4. The summed E-state index contributed by atoms with van der Waals surface area (Å²) in [6.45, 7) is 2.39. The van der Waals surface area contributed by atoms with Gasteiger partial charge in [-0.25, -0.2) is 19.9 Å². The molecule has 7 heteroatoms. The third kappa shape index (κ3) is 3.40.